The van der Waals surface area contributed by atoms with Gasteiger partial charge in [0.05, 0.1) is 30.0 Å². The normalized spacial score (nSPS) is 16.5. The maximum atomic E-state index is 12.9. The Morgan fingerprint density at radius 2 is 1.92 bits per heavy atom. The SMILES string of the molecule is COc1ccc(OC)c([C@H]2SCCN2C(=O)Nc2c(Cl)cccc2Cl)c1. The molecule has 5 nitrogen and oxygen atoms in total. The molecule has 0 spiro atoms. The fourth-order valence-corrected chi connectivity index (χ4v) is 4.53. The summed E-state index contributed by atoms with van der Waals surface area (Å²) < 4.78 is 10.8. The molecule has 0 bridgehead atoms. The Morgan fingerprint density at radius 3 is 2.58 bits per heavy atom. The number of urea groups is 1. The summed E-state index contributed by atoms with van der Waals surface area (Å²) in [4.78, 5) is 14.6. The highest BCUT2D eigenvalue weighted by atomic mass is 35.5. The lowest BCUT2D eigenvalue weighted by Crippen LogP contribution is -2.34. The fourth-order valence-electron chi connectivity index (χ4n) is 2.76. The summed E-state index contributed by atoms with van der Waals surface area (Å²) in [6.45, 7) is 0.601. The molecule has 0 aliphatic carbocycles. The standard InChI is InChI=1S/C18H18Cl2N2O3S/c1-24-11-6-7-15(25-2)12(10-11)17-22(8-9-26-17)18(23)21-16-13(19)4-3-5-14(16)20/h3-7,10,17H,8-9H2,1-2H3,(H,21,23)/t17-/m1/s1. The van der Waals surface area contributed by atoms with Gasteiger partial charge >= 0.3 is 6.03 Å². The Labute approximate surface area is 166 Å². The zero-order chi connectivity index (χ0) is 18.7. The highest BCUT2D eigenvalue weighted by molar-refractivity contribution is 7.99. The van der Waals surface area contributed by atoms with Crippen molar-refractivity contribution < 1.29 is 14.3 Å². The molecule has 138 valence electrons. The number of benzene rings is 2. The van der Waals surface area contributed by atoms with Gasteiger partial charge in [0.15, 0.2) is 0 Å². The van der Waals surface area contributed by atoms with E-state index in [1.807, 2.05) is 18.2 Å². The summed E-state index contributed by atoms with van der Waals surface area (Å²) >= 11 is 14.0. The van der Waals surface area contributed by atoms with Gasteiger partial charge in [-0.2, -0.15) is 0 Å². The number of halogens is 2. The number of thioether (sulfide) groups is 1. The third-order valence-corrected chi connectivity index (χ3v) is 5.92. The van der Waals surface area contributed by atoms with E-state index < -0.39 is 0 Å². The molecule has 0 radical (unpaired) electrons. The second-order valence-corrected chi connectivity index (χ2v) is 7.55. The van der Waals surface area contributed by atoms with E-state index in [1.54, 1.807) is 49.1 Å². The molecule has 0 saturated carbocycles. The number of nitrogens with zero attached hydrogens (tertiary/aromatic N) is 1. The lowest BCUT2D eigenvalue weighted by Gasteiger charge is -2.26. The molecule has 26 heavy (non-hydrogen) atoms. The number of anilines is 1. The molecule has 1 atom stereocenters. The van der Waals surface area contributed by atoms with Crippen LogP contribution in [-0.4, -0.2) is 37.4 Å². The van der Waals surface area contributed by atoms with Crippen LogP contribution in [0.4, 0.5) is 10.5 Å². The fraction of sp³-hybridized carbons (Fsp3) is 0.278. The monoisotopic (exact) mass is 412 g/mol. The van der Waals surface area contributed by atoms with Gasteiger partial charge in [-0.05, 0) is 30.3 Å². The van der Waals surface area contributed by atoms with Crippen LogP contribution in [0.1, 0.15) is 10.9 Å². The van der Waals surface area contributed by atoms with Crippen molar-refractivity contribution in [1.29, 1.82) is 0 Å². The number of amides is 2. The maximum Gasteiger partial charge on any atom is 0.323 e. The maximum absolute atomic E-state index is 12.9. The quantitative estimate of drug-likeness (QED) is 0.740. The average Bonchev–Trinajstić information content (AvgIpc) is 3.14. The van der Waals surface area contributed by atoms with E-state index in [-0.39, 0.29) is 11.4 Å². The van der Waals surface area contributed by atoms with Crippen molar-refractivity contribution in [3.63, 3.8) is 0 Å². The van der Waals surface area contributed by atoms with Crippen molar-refractivity contribution in [3.8, 4) is 11.5 Å². The first-order chi connectivity index (χ1) is 12.5. The molecule has 2 amide bonds. The number of carbonyl (C=O) groups excluding carboxylic acids is 1. The van der Waals surface area contributed by atoms with Crippen LogP contribution >= 0.6 is 35.0 Å². The van der Waals surface area contributed by atoms with E-state index in [9.17, 15) is 4.79 Å². The van der Waals surface area contributed by atoms with Gasteiger partial charge < -0.3 is 19.7 Å². The third-order valence-electron chi connectivity index (χ3n) is 4.05. The van der Waals surface area contributed by atoms with Gasteiger partial charge in [0.25, 0.3) is 0 Å². The van der Waals surface area contributed by atoms with Crippen LogP contribution in [0.2, 0.25) is 10.0 Å². The van der Waals surface area contributed by atoms with Crippen LogP contribution in [0.5, 0.6) is 11.5 Å². The molecule has 1 heterocycles. The van der Waals surface area contributed by atoms with E-state index in [2.05, 4.69) is 5.32 Å². The van der Waals surface area contributed by atoms with Crippen LogP contribution in [0.3, 0.4) is 0 Å². The van der Waals surface area contributed by atoms with Crippen molar-refractivity contribution in [2.24, 2.45) is 0 Å². The Bertz CT molecular complexity index is 799. The smallest absolute Gasteiger partial charge is 0.323 e. The van der Waals surface area contributed by atoms with Gasteiger partial charge in [0.1, 0.15) is 16.9 Å². The molecule has 1 N–H and O–H groups in total. The molecule has 0 aromatic heterocycles. The number of rotatable bonds is 4. The molecule has 1 saturated heterocycles. The van der Waals surface area contributed by atoms with E-state index in [4.69, 9.17) is 32.7 Å². The molecule has 8 heteroatoms. The van der Waals surface area contributed by atoms with Crippen LogP contribution in [0.15, 0.2) is 36.4 Å². The number of hydrogen-bond donors (Lipinski definition) is 1. The van der Waals surface area contributed by atoms with Crippen molar-refractivity contribution >= 4 is 46.7 Å². The Morgan fingerprint density at radius 1 is 1.19 bits per heavy atom. The molecule has 1 fully saturated rings. The molecule has 0 unspecified atom stereocenters. The van der Waals surface area contributed by atoms with E-state index in [0.717, 1.165) is 11.3 Å². The minimum Gasteiger partial charge on any atom is -0.497 e. The predicted molar refractivity (Wildman–Crippen MR) is 107 cm³/mol. The molecular weight excluding hydrogens is 395 g/mol. The predicted octanol–water partition coefficient (Wildman–Crippen LogP) is 5.29. The van der Waals surface area contributed by atoms with Crippen molar-refractivity contribution in [2.75, 3.05) is 31.8 Å². The summed E-state index contributed by atoms with van der Waals surface area (Å²) in [5, 5.41) is 3.42. The lowest BCUT2D eigenvalue weighted by molar-refractivity contribution is 0.213. The number of carbonyl (C=O) groups is 1. The van der Waals surface area contributed by atoms with Crippen LogP contribution in [0.25, 0.3) is 0 Å². The first-order valence-electron chi connectivity index (χ1n) is 7.90. The highest BCUT2D eigenvalue weighted by Gasteiger charge is 2.33. The van der Waals surface area contributed by atoms with Gasteiger partial charge in [0.2, 0.25) is 0 Å². The molecule has 3 rings (SSSR count). The molecule has 1 aliphatic heterocycles. The van der Waals surface area contributed by atoms with Crippen LogP contribution < -0.4 is 14.8 Å². The summed E-state index contributed by atoms with van der Waals surface area (Å²) in [6, 6.07) is 10.4. The summed E-state index contributed by atoms with van der Waals surface area (Å²) in [5.41, 5.74) is 1.30. The third kappa shape index (κ3) is 3.82. The zero-order valence-electron chi connectivity index (χ0n) is 14.3. The largest absolute Gasteiger partial charge is 0.497 e. The molecule has 1 aliphatic rings. The summed E-state index contributed by atoms with van der Waals surface area (Å²) in [5.74, 6) is 2.23. The first kappa shape index (κ1) is 19.0. The molecule has 2 aromatic carbocycles. The van der Waals surface area contributed by atoms with E-state index >= 15 is 0 Å². The summed E-state index contributed by atoms with van der Waals surface area (Å²) in [6.07, 6.45) is 0. The zero-order valence-corrected chi connectivity index (χ0v) is 16.6. The van der Waals surface area contributed by atoms with E-state index in [1.165, 1.54) is 0 Å². The second-order valence-electron chi connectivity index (χ2n) is 5.55. The van der Waals surface area contributed by atoms with Crippen molar-refractivity contribution in [2.45, 2.75) is 5.37 Å². The minimum absolute atomic E-state index is 0.193. The lowest BCUT2D eigenvalue weighted by atomic mass is 10.1. The number of nitrogens with one attached hydrogen (secondary N) is 1. The topological polar surface area (TPSA) is 50.8 Å². The minimum atomic E-state index is -0.264. The van der Waals surface area contributed by atoms with Gasteiger partial charge in [-0.15, -0.1) is 11.8 Å². The van der Waals surface area contributed by atoms with E-state index in [0.29, 0.717) is 33.8 Å². The first-order valence-corrected chi connectivity index (χ1v) is 9.70. The highest BCUT2D eigenvalue weighted by Crippen LogP contribution is 2.43. The number of hydrogen-bond acceptors (Lipinski definition) is 4. The van der Waals surface area contributed by atoms with Gasteiger partial charge in [-0.25, -0.2) is 4.79 Å². The van der Waals surface area contributed by atoms with Gasteiger partial charge in [-0.1, -0.05) is 29.3 Å². The summed E-state index contributed by atoms with van der Waals surface area (Å²) in [7, 11) is 3.22. The molecular formula is C18H18Cl2N2O3S. The van der Waals surface area contributed by atoms with Crippen molar-refractivity contribution in [3.05, 3.63) is 52.0 Å². The average molecular weight is 413 g/mol. The Balaban J connectivity index is 1.88. The van der Waals surface area contributed by atoms with Crippen molar-refractivity contribution in [1.82, 2.24) is 4.90 Å². The van der Waals surface area contributed by atoms with Crippen LogP contribution in [-0.2, 0) is 0 Å². The Kier molecular flexibility index (Phi) is 6.06. The van der Waals surface area contributed by atoms with Crippen LogP contribution in [0, 0.1) is 0 Å². The molecule has 2 aromatic rings. The Hall–Kier alpha value is -1.76. The number of ether oxygens (including phenoxy) is 2. The van der Waals surface area contributed by atoms with Gasteiger partial charge in [0, 0.05) is 17.9 Å². The van der Waals surface area contributed by atoms with Gasteiger partial charge in [-0.3, -0.25) is 0 Å². The second kappa shape index (κ2) is 8.29. The number of methoxy groups -OCH3 is 2. The number of para-hydroxylation sites is 1.